The average Bonchev–Trinajstić information content (AvgIpc) is 2.13. The molecule has 0 aliphatic carbocycles. The average molecular weight is 245 g/mol. The topological polar surface area (TPSA) is 40.5 Å². The molecule has 1 aliphatic heterocycles. The van der Waals surface area contributed by atoms with E-state index in [1.54, 1.807) is 0 Å². The Kier molecular flexibility index (Phi) is 4.68. The van der Waals surface area contributed by atoms with E-state index in [0.717, 1.165) is 5.75 Å². The Hall–Kier alpha value is -0.220. The third-order valence-corrected chi connectivity index (χ3v) is 4.49. The fourth-order valence-corrected chi connectivity index (χ4v) is 3.98. The fourth-order valence-electron chi connectivity index (χ4n) is 2.28. The van der Waals surface area contributed by atoms with Gasteiger partial charge in [-0.3, -0.25) is 9.69 Å². The number of carboxylic acids is 1. The monoisotopic (exact) mass is 245 g/mol. The summed E-state index contributed by atoms with van der Waals surface area (Å²) in [6.07, 6.45) is 1.17. The maximum Gasteiger partial charge on any atom is 0.317 e. The van der Waals surface area contributed by atoms with E-state index < -0.39 is 5.97 Å². The van der Waals surface area contributed by atoms with Crippen LogP contribution in [0.15, 0.2) is 0 Å². The van der Waals surface area contributed by atoms with Gasteiger partial charge in [-0.2, -0.15) is 11.8 Å². The first-order valence-electron chi connectivity index (χ1n) is 5.90. The summed E-state index contributed by atoms with van der Waals surface area (Å²) >= 11 is 1.94. The molecule has 0 aromatic heterocycles. The Morgan fingerprint density at radius 1 is 1.56 bits per heavy atom. The quantitative estimate of drug-likeness (QED) is 0.825. The van der Waals surface area contributed by atoms with Crippen LogP contribution >= 0.6 is 11.8 Å². The summed E-state index contributed by atoms with van der Waals surface area (Å²) in [7, 11) is 0. The second kappa shape index (κ2) is 5.41. The Morgan fingerprint density at radius 2 is 2.19 bits per heavy atom. The first-order valence-corrected chi connectivity index (χ1v) is 7.05. The molecule has 3 nitrogen and oxygen atoms in total. The lowest BCUT2D eigenvalue weighted by Gasteiger charge is -2.46. The zero-order chi connectivity index (χ0) is 12.3. The molecule has 0 bridgehead atoms. The number of thioether (sulfide) groups is 1. The van der Waals surface area contributed by atoms with Gasteiger partial charge in [0.2, 0.25) is 0 Å². The van der Waals surface area contributed by atoms with E-state index in [2.05, 4.69) is 32.6 Å². The van der Waals surface area contributed by atoms with Crippen LogP contribution in [0.1, 0.15) is 34.1 Å². The number of nitrogens with zero attached hydrogens (tertiary/aromatic N) is 1. The molecule has 0 amide bonds. The van der Waals surface area contributed by atoms with E-state index in [9.17, 15) is 4.79 Å². The van der Waals surface area contributed by atoms with E-state index in [1.807, 2.05) is 11.8 Å². The number of carbonyl (C=O) groups is 1. The number of aliphatic carboxylic acids is 1. The van der Waals surface area contributed by atoms with Crippen LogP contribution < -0.4 is 0 Å². The van der Waals surface area contributed by atoms with Crippen molar-refractivity contribution in [1.82, 2.24) is 4.90 Å². The van der Waals surface area contributed by atoms with Crippen molar-refractivity contribution >= 4 is 17.7 Å². The minimum atomic E-state index is -0.722. The van der Waals surface area contributed by atoms with Gasteiger partial charge in [-0.15, -0.1) is 0 Å². The van der Waals surface area contributed by atoms with Crippen molar-refractivity contribution in [3.63, 3.8) is 0 Å². The number of hydrogen-bond donors (Lipinski definition) is 1. The highest BCUT2D eigenvalue weighted by molar-refractivity contribution is 7.99. The van der Waals surface area contributed by atoms with Crippen molar-refractivity contribution in [3.8, 4) is 0 Å². The lowest BCUT2D eigenvalue weighted by atomic mass is 9.81. The van der Waals surface area contributed by atoms with Crippen molar-refractivity contribution in [1.29, 1.82) is 0 Å². The maximum atomic E-state index is 10.9. The molecular weight excluding hydrogens is 222 g/mol. The minimum absolute atomic E-state index is 0.159. The van der Waals surface area contributed by atoms with E-state index in [-0.39, 0.29) is 12.0 Å². The molecule has 1 unspecified atom stereocenters. The third kappa shape index (κ3) is 3.39. The first kappa shape index (κ1) is 13.8. The normalized spacial score (nSPS) is 25.0. The molecule has 16 heavy (non-hydrogen) atoms. The predicted octanol–water partition coefficient (Wildman–Crippen LogP) is 2.31. The Bertz CT molecular complexity index is 253. The van der Waals surface area contributed by atoms with Crippen molar-refractivity contribution < 1.29 is 9.90 Å². The summed E-state index contributed by atoms with van der Waals surface area (Å²) in [4.78, 5) is 13.1. The summed E-state index contributed by atoms with van der Waals surface area (Å²) < 4.78 is 0. The smallest absolute Gasteiger partial charge is 0.317 e. The van der Waals surface area contributed by atoms with Gasteiger partial charge in [0.15, 0.2) is 0 Å². The third-order valence-electron chi connectivity index (χ3n) is 3.45. The van der Waals surface area contributed by atoms with Gasteiger partial charge in [0.1, 0.15) is 0 Å². The highest BCUT2D eigenvalue weighted by atomic mass is 32.2. The molecule has 94 valence electrons. The minimum Gasteiger partial charge on any atom is -0.480 e. The first-order chi connectivity index (χ1) is 7.34. The highest BCUT2D eigenvalue weighted by Crippen LogP contribution is 2.37. The van der Waals surface area contributed by atoms with Crippen LogP contribution in [0.25, 0.3) is 0 Å². The predicted molar refractivity (Wildman–Crippen MR) is 69.0 cm³/mol. The van der Waals surface area contributed by atoms with Gasteiger partial charge in [0, 0.05) is 17.8 Å². The highest BCUT2D eigenvalue weighted by Gasteiger charge is 2.38. The van der Waals surface area contributed by atoms with Gasteiger partial charge in [-0.05, 0) is 31.4 Å². The number of carboxylic acid groups (broad SMARTS) is 1. The van der Waals surface area contributed by atoms with Gasteiger partial charge in [0.05, 0.1) is 6.54 Å². The van der Waals surface area contributed by atoms with E-state index in [4.69, 9.17) is 5.11 Å². The molecule has 1 heterocycles. The summed E-state index contributed by atoms with van der Waals surface area (Å²) in [5.74, 6) is 1.53. The van der Waals surface area contributed by atoms with Crippen molar-refractivity contribution in [2.75, 3.05) is 18.1 Å². The van der Waals surface area contributed by atoms with E-state index >= 15 is 0 Å². The van der Waals surface area contributed by atoms with Crippen LogP contribution in [0, 0.1) is 5.41 Å². The Morgan fingerprint density at radius 3 is 2.62 bits per heavy atom. The van der Waals surface area contributed by atoms with Crippen LogP contribution in [0.3, 0.4) is 0 Å². The zero-order valence-electron chi connectivity index (χ0n) is 10.7. The molecule has 0 saturated carbocycles. The van der Waals surface area contributed by atoms with E-state index in [0.29, 0.717) is 12.1 Å². The molecule has 1 saturated heterocycles. The van der Waals surface area contributed by atoms with Crippen molar-refractivity contribution in [3.05, 3.63) is 0 Å². The summed E-state index contributed by atoms with van der Waals surface area (Å²) in [6, 6.07) is 0.668. The molecule has 0 spiro atoms. The fraction of sp³-hybridized carbons (Fsp3) is 0.917. The second-order valence-corrected chi connectivity index (χ2v) is 6.64. The van der Waals surface area contributed by atoms with E-state index in [1.165, 1.54) is 12.2 Å². The maximum absolute atomic E-state index is 10.9. The van der Waals surface area contributed by atoms with Crippen LogP contribution in [0.2, 0.25) is 0 Å². The second-order valence-electron chi connectivity index (χ2n) is 5.49. The molecule has 1 rings (SSSR count). The molecule has 4 heteroatoms. The number of rotatable bonds is 4. The van der Waals surface area contributed by atoms with Crippen molar-refractivity contribution in [2.24, 2.45) is 5.41 Å². The molecule has 1 aliphatic rings. The Balaban J connectivity index is 2.79. The van der Waals surface area contributed by atoms with Crippen LogP contribution in [0.4, 0.5) is 0 Å². The molecule has 0 radical (unpaired) electrons. The van der Waals surface area contributed by atoms with Gasteiger partial charge in [0.25, 0.3) is 0 Å². The van der Waals surface area contributed by atoms with Crippen LogP contribution in [-0.4, -0.2) is 46.1 Å². The molecule has 1 N–H and O–H groups in total. The van der Waals surface area contributed by atoms with Crippen LogP contribution in [-0.2, 0) is 4.79 Å². The molecule has 1 fully saturated rings. The molecular formula is C12H23NO2S. The van der Waals surface area contributed by atoms with Gasteiger partial charge in [-0.25, -0.2) is 0 Å². The van der Waals surface area contributed by atoms with Gasteiger partial charge in [-0.1, -0.05) is 13.8 Å². The molecule has 0 aromatic carbocycles. The summed E-state index contributed by atoms with van der Waals surface area (Å²) in [5.41, 5.74) is 0.227. The molecule has 1 atom stereocenters. The largest absolute Gasteiger partial charge is 0.480 e. The molecule has 0 aromatic rings. The lowest BCUT2D eigenvalue weighted by molar-refractivity contribution is -0.140. The van der Waals surface area contributed by atoms with Crippen molar-refractivity contribution in [2.45, 2.75) is 46.2 Å². The SMILES string of the molecule is CC(C)N(CC(=O)O)C1CSCCC1(C)C. The number of hydrogen-bond acceptors (Lipinski definition) is 3. The summed E-state index contributed by atoms with van der Waals surface area (Å²) in [6.45, 7) is 8.84. The standard InChI is InChI=1S/C12H23NO2S/c1-9(2)13(7-11(14)15)10-8-16-6-5-12(10,3)4/h9-10H,5-8H2,1-4H3,(H,14,15). The zero-order valence-corrected chi connectivity index (χ0v) is 11.5. The summed E-state index contributed by atoms with van der Waals surface area (Å²) in [5, 5.41) is 8.99. The Labute approximate surface area is 103 Å². The van der Waals surface area contributed by atoms with Gasteiger partial charge >= 0.3 is 5.97 Å². The lowest BCUT2D eigenvalue weighted by Crippen LogP contribution is -2.53. The van der Waals surface area contributed by atoms with Gasteiger partial charge < -0.3 is 5.11 Å². The van der Waals surface area contributed by atoms with Crippen LogP contribution in [0.5, 0.6) is 0 Å².